The zero-order valence-electron chi connectivity index (χ0n) is 15.4. The van der Waals surface area contributed by atoms with Crippen LogP contribution in [-0.4, -0.2) is 8.42 Å². The Kier molecular flexibility index (Phi) is 5.54. The van der Waals surface area contributed by atoms with Crippen LogP contribution in [0.4, 0.5) is 13.2 Å². The van der Waals surface area contributed by atoms with Gasteiger partial charge in [0.05, 0.1) is 10.5 Å². The zero-order valence-corrected chi connectivity index (χ0v) is 16.2. The number of nitrogens with one attached hydrogen (secondary N) is 1. The number of rotatable bonds is 4. The Balaban J connectivity index is 2.37. The number of hydrogen-bond donors (Lipinski definition) is 1. The van der Waals surface area contributed by atoms with Crippen LogP contribution in [-0.2, 0) is 22.7 Å². The van der Waals surface area contributed by atoms with Crippen LogP contribution in [0.1, 0.15) is 38.9 Å². The maximum absolute atomic E-state index is 12.8. The van der Waals surface area contributed by atoms with Crippen LogP contribution < -0.4 is 4.72 Å². The fourth-order valence-corrected chi connectivity index (χ4v) is 4.59. The van der Waals surface area contributed by atoms with Crippen molar-refractivity contribution in [1.29, 1.82) is 0 Å². The van der Waals surface area contributed by atoms with Crippen LogP contribution in [0.2, 0.25) is 0 Å². The molecule has 26 heavy (non-hydrogen) atoms. The standard InChI is InChI=1S/C19H22F3NO2S/c1-11-12(2)14(4)18(15(5)13(11)3)26(24,25)23-10-16-7-6-8-17(9-16)19(20,21)22/h6-9,23H,10H2,1-5H3. The Bertz CT molecular complexity index is 919. The number of hydrogen-bond acceptors (Lipinski definition) is 2. The third-order valence-electron chi connectivity index (χ3n) is 4.92. The molecule has 7 heteroatoms. The van der Waals surface area contributed by atoms with E-state index < -0.39 is 21.8 Å². The summed E-state index contributed by atoms with van der Waals surface area (Å²) >= 11 is 0. The monoisotopic (exact) mass is 385 g/mol. The molecule has 0 saturated heterocycles. The van der Waals surface area contributed by atoms with Crippen molar-refractivity contribution in [2.24, 2.45) is 0 Å². The molecule has 3 nitrogen and oxygen atoms in total. The Hall–Kier alpha value is -1.86. The molecule has 0 bridgehead atoms. The van der Waals surface area contributed by atoms with E-state index in [1.54, 1.807) is 13.8 Å². The molecule has 2 aromatic carbocycles. The molecule has 1 N–H and O–H groups in total. The van der Waals surface area contributed by atoms with E-state index in [9.17, 15) is 21.6 Å². The zero-order chi connectivity index (χ0) is 19.9. The average molecular weight is 385 g/mol. The van der Waals surface area contributed by atoms with Gasteiger partial charge in [0.1, 0.15) is 0 Å². The van der Waals surface area contributed by atoms with Crippen LogP contribution >= 0.6 is 0 Å². The van der Waals surface area contributed by atoms with E-state index in [0.717, 1.165) is 28.8 Å². The summed E-state index contributed by atoms with van der Waals surface area (Å²) in [5.74, 6) is 0. The van der Waals surface area contributed by atoms with Crippen molar-refractivity contribution in [1.82, 2.24) is 4.72 Å². The van der Waals surface area contributed by atoms with Crippen molar-refractivity contribution in [3.05, 3.63) is 63.2 Å². The van der Waals surface area contributed by atoms with Crippen molar-refractivity contribution in [2.45, 2.75) is 52.2 Å². The maximum atomic E-state index is 12.8. The molecule has 0 atom stereocenters. The fourth-order valence-electron chi connectivity index (χ4n) is 2.98. The van der Waals surface area contributed by atoms with Crippen LogP contribution in [0.3, 0.4) is 0 Å². The summed E-state index contributed by atoms with van der Waals surface area (Å²) in [6.07, 6.45) is -4.47. The summed E-state index contributed by atoms with van der Waals surface area (Å²) in [5, 5.41) is 0. The molecule has 0 saturated carbocycles. The lowest BCUT2D eigenvalue weighted by atomic mass is 9.95. The molecule has 0 radical (unpaired) electrons. The minimum Gasteiger partial charge on any atom is -0.207 e. The van der Waals surface area contributed by atoms with Gasteiger partial charge >= 0.3 is 6.18 Å². The first-order chi connectivity index (χ1) is 11.9. The van der Waals surface area contributed by atoms with Crippen LogP contribution in [0, 0.1) is 34.6 Å². The SMILES string of the molecule is Cc1c(C)c(C)c(S(=O)(=O)NCc2cccc(C(F)(F)F)c2)c(C)c1C. The molecule has 0 heterocycles. The van der Waals surface area contributed by atoms with E-state index in [1.807, 2.05) is 20.8 Å². The van der Waals surface area contributed by atoms with E-state index in [2.05, 4.69) is 4.72 Å². The van der Waals surface area contributed by atoms with E-state index in [0.29, 0.717) is 11.1 Å². The molecule has 2 rings (SSSR count). The molecule has 0 amide bonds. The summed E-state index contributed by atoms with van der Waals surface area (Å²) < 4.78 is 66.5. The summed E-state index contributed by atoms with van der Waals surface area (Å²) in [6.45, 7) is 8.95. The highest BCUT2D eigenvalue weighted by Crippen LogP contribution is 2.31. The second kappa shape index (κ2) is 7.04. The lowest BCUT2D eigenvalue weighted by Gasteiger charge is -2.19. The Morgan fingerprint density at radius 1 is 0.885 bits per heavy atom. The Labute approximate surface area is 152 Å². The van der Waals surface area contributed by atoms with Gasteiger partial charge in [0.15, 0.2) is 0 Å². The number of sulfonamides is 1. The smallest absolute Gasteiger partial charge is 0.207 e. The van der Waals surface area contributed by atoms with Gasteiger partial charge in [-0.1, -0.05) is 18.2 Å². The van der Waals surface area contributed by atoms with Gasteiger partial charge in [0, 0.05) is 6.54 Å². The van der Waals surface area contributed by atoms with Gasteiger partial charge in [0.2, 0.25) is 10.0 Å². The summed E-state index contributed by atoms with van der Waals surface area (Å²) in [6, 6.07) is 4.64. The molecule has 0 unspecified atom stereocenters. The van der Waals surface area contributed by atoms with E-state index in [4.69, 9.17) is 0 Å². The topological polar surface area (TPSA) is 46.2 Å². The fraction of sp³-hybridized carbons (Fsp3) is 0.368. The summed E-state index contributed by atoms with van der Waals surface area (Å²) in [4.78, 5) is 0.199. The van der Waals surface area contributed by atoms with Gasteiger partial charge in [0.25, 0.3) is 0 Å². The predicted octanol–water partition coefficient (Wildman–Crippen LogP) is 4.73. The van der Waals surface area contributed by atoms with Gasteiger partial charge < -0.3 is 0 Å². The van der Waals surface area contributed by atoms with Gasteiger partial charge in [-0.2, -0.15) is 13.2 Å². The third kappa shape index (κ3) is 3.94. The first kappa shape index (κ1) is 20.5. The van der Waals surface area contributed by atoms with Crippen molar-refractivity contribution in [3.63, 3.8) is 0 Å². The largest absolute Gasteiger partial charge is 0.416 e. The summed E-state index contributed by atoms with van der Waals surface area (Å²) in [7, 11) is -3.86. The number of halogens is 3. The molecule has 0 spiro atoms. The quantitative estimate of drug-likeness (QED) is 0.827. The molecular weight excluding hydrogens is 363 g/mol. The van der Waals surface area contributed by atoms with Crippen LogP contribution in [0.15, 0.2) is 29.2 Å². The predicted molar refractivity (Wildman–Crippen MR) is 95.6 cm³/mol. The van der Waals surface area contributed by atoms with Gasteiger partial charge in [-0.15, -0.1) is 0 Å². The van der Waals surface area contributed by atoms with E-state index >= 15 is 0 Å². The molecule has 2 aromatic rings. The van der Waals surface area contributed by atoms with Crippen LogP contribution in [0.5, 0.6) is 0 Å². The Morgan fingerprint density at radius 3 is 1.88 bits per heavy atom. The highest BCUT2D eigenvalue weighted by Gasteiger charge is 2.30. The maximum Gasteiger partial charge on any atom is 0.416 e. The average Bonchev–Trinajstić information content (AvgIpc) is 2.56. The van der Waals surface area contributed by atoms with Gasteiger partial charge in [-0.3, -0.25) is 0 Å². The van der Waals surface area contributed by atoms with Crippen molar-refractivity contribution in [3.8, 4) is 0 Å². The minimum atomic E-state index is -4.47. The normalized spacial score (nSPS) is 12.5. The second-order valence-corrected chi connectivity index (χ2v) is 8.18. The lowest BCUT2D eigenvalue weighted by Crippen LogP contribution is -2.26. The van der Waals surface area contributed by atoms with Crippen LogP contribution in [0.25, 0.3) is 0 Å². The van der Waals surface area contributed by atoms with Gasteiger partial charge in [-0.25, -0.2) is 13.1 Å². The lowest BCUT2D eigenvalue weighted by molar-refractivity contribution is -0.137. The minimum absolute atomic E-state index is 0.199. The number of alkyl halides is 3. The highest BCUT2D eigenvalue weighted by molar-refractivity contribution is 7.89. The second-order valence-electron chi connectivity index (χ2n) is 6.48. The first-order valence-electron chi connectivity index (χ1n) is 8.09. The molecule has 0 fully saturated rings. The summed E-state index contributed by atoms with van der Waals surface area (Å²) in [5.41, 5.74) is 3.59. The van der Waals surface area contributed by atoms with Crippen molar-refractivity contribution in [2.75, 3.05) is 0 Å². The molecule has 0 aliphatic carbocycles. The van der Waals surface area contributed by atoms with Gasteiger partial charge in [-0.05, 0) is 74.1 Å². The Morgan fingerprint density at radius 2 is 1.38 bits per heavy atom. The molecule has 0 aliphatic rings. The van der Waals surface area contributed by atoms with Crippen molar-refractivity contribution < 1.29 is 21.6 Å². The van der Waals surface area contributed by atoms with Crippen molar-refractivity contribution >= 4 is 10.0 Å². The molecule has 0 aliphatic heterocycles. The third-order valence-corrected chi connectivity index (χ3v) is 6.59. The van der Waals surface area contributed by atoms with E-state index in [1.165, 1.54) is 12.1 Å². The molecular formula is C19H22F3NO2S. The van der Waals surface area contributed by atoms with E-state index in [-0.39, 0.29) is 17.0 Å². The highest BCUT2D eigenvalue weighted by atomic mass is 32.2. The molecule has 0 aromatic heterocycles. The molecule has 142 valence electrons. The number of benzene rings is 2. The first-order valence-corrected chi connectivity index (χ1v) is 9.57.